The smallest absolute Gasteiger partial charge is 0.317 e. The Kier molecular flexibility index (Phi) is 6.39. The van der Waals surface area contributed by atoms with Crippen LogP contribution in [0.4, 0.5) is 0 Å². The van der Waals surface area contributed by atoms with Crippen molar-refractivity contribution >= 4 is 5.97 Å². The molecular formula is C21H26N2O3. The zero-order chi connectivity index (χ0) is 18.4. The molecule has 2 aromatic carbocycles. The average molecular weight is 354 g/mol. The summed E-state index contributed by atoms with van der Waals surface area (Å²) in [5.41, 5.74) is 3.74. The van der Waals surface area contributed by atoms with Gasteiger partial charge in [-0.1, -0.05) is 54.6 Å². The highest BCUT2D eigenvalue weighted by Gasteiger charge is 2.22. The van der Waals surface area contributed by atoms with Crippen molar-refractivity contribution in [2.45, 2.75) is 12.6 Å². The number of rotatable bonds is 7. The Bertz CT molecular complexity index is 703. The molecule has 1 saturated heterocycles. The summed E-state index contributed by atoms with van der Waals surface area (Å²) >= 11 is 0. The lowest BCUT2D eigenvalue weighted by molar-refractivity contribution is -0.138. The van der Waals surface area contributed by atoms with Crippen molar-refractivity contribution in [3.63, 3.8) is 0 Å². The van der Waals surface area contributed by atoms with Crippen LogP contribution in [0.25, 0.3) is 11.1 Å². The second kappa shape index (κ2) is 8.94. The summed E-state index contributed by atoms with van der Waals surface area (Å²) in [6.45, 7) is 3.98. The predicted octanol–water partition coefficient (Wildman–Crippen LogP) is 2.57. The lowest BCUT2D eigenvalue weighted by atomic mass is 10.0. The van der Waals surface area contributed by atoms with E-state index in [0.29, 0.717) is 13.2 Å². The summed E-state index contributed by atoms with van der Waals surface area (Å²) in [7, 11) is 1.82. The Labute approximate surface area is 154 Å². The molecule has 1 fully saturated rings. The summed E-state index contributed by atoms with van der Waals surface area (Å²) in [5.74, 6) is -0.807. The van der Waals surface area contributed by atoms with Crippen LogP contribution in [-0.2, 0) is 16.1 Å². The van der Waals surface area contributed by atoms with E-state index in [-0.39, 0.29) is 12.6 Å². The minimum Gasteiger partial charge on any atom is -0.480 e. The molecule has 0 aromatic heterocycles. The number of hydrogen-bond acceptors (Lipinski definition) is 4. The van der Waals surface area contributed by atoms with Crippen LogP contribution >= 0.6 is 0 Å². The molecule has 1 heterocycles. The molecule has 26 heavy (non-hydrogen) atoms. The second-order valence-electron chi connectivity index (χ2n) is 6.88. The minimum atomic E-state index is -0.807. The molecule has 0 amide bonds. The SMILES string of the molecule is CN(CC(=O)O)CC1CN(Cc2ccc(-c3ccccc3)cc2)CCO1. The van der Waals surface area contributed by atoms with Gasteiger partial charge in [0.15, 0.2) is 0 Å². The summed E-state index contributed by atoms with van der Waals surface area (Å²) in [6.07, 6.45) is 0.0525. The van der Waals surface area contributed by atoms with Gasteiger partial charge in [-0.05, 0) is 23.7 Å². The molecule has 1 aliphatic heterocycles. The van der Waals surface area contributed by atoms with E-state index in [4.69, 9.17) is 9.84 Å². The number of morpholine rings is 1. The second-order valence-corrected chi connectivity index (χ2v) is 6.88. The lowest BCUT2D eigenvalue weighted by Gasteiger charge is -2.34. The van der Waals surface area contributed by atoms with Crippen molar-refractivity contribution < 1.29 is 14.6 Å². The summed E-state index contributed by atoms with van der Waals surface area (Å²) in [5, 5.41) is 8.87. The fourth-order valence-corrected chi connectivity index (χ4v) is 3.37. The Morgan fingerprint density at radius 2 is 1.85 bits per heavy atom. The maximum atomic E-state index is 10.8. The fraction of sp³-hybridized carbons (Fsp3) is 0.381. The first-order valence-corrected chi connectivity index (χ1v) is 8.99. The molecule has 0 radical (unpaired) electrons. The molecule has 1 N–H and O–H groups in total. The first kappa shape index (κ1) is 18.6. The van der Waals surface area contributed by atoms with Crippen LogP contribution in [-0.4, -0.2) is 66.8 Å². The van der Waals surface area contributed by atoms with E-state index in [2.05, 4.69) is 53.4 Å². The van der Waals surface area contributed by atoms with Gasteiger partial charge in [-0.3, -0.25) is 14.6 Å². The highest BCUT2D eigenvalue weighted by atomic mass is 16.5. The number of benzene rings is 2. The number of ether oxygens (including phenoxy) is 1. The number of hydrogen-bond donors (Lipinski definition) is 1. The van der Waals surface area contributed by atoms with E-state index >= 15 is 0 Å². The summed E-state index contributed by atoms with van der Waals surface area (Å²) in [4.78, 5) is 15.0. The first-order valence-electron chi connectivity index (χ1n) is 8.99. The van der Waals surface area contributed by atoms with Crippen LogP contribution in [0.15, 0.2) is 54.6 Å². The highest BCUT2D eigenvalue weighted by Crippen LogP contribution is 2.20. The Hall–Kier alpha value is -2.21. The van der Waals surface area contributed by atoms with Crippen molar-refractivity contribution in [1.29, 1.82) is 0 Å². The van der Waals surface area contributed by atoms with E-state index in [1.165, 1.54) is 16.7 Å². The third-order valence-electron chi connectivity index (χ3n) is 4.61. The third kappa shape index (κ3) is 5.39. The predicted molar refractivity (Wildman–Crippen MR) is 102 cm³/mol. The minimum absolute atomic E-state index is 0.0425. The van der Waals surface area contributed by atoms with Gasteiger partial charge < -0.3 is 9.84 Å². The van der Waals surface area contributed by atoms with Crippen molar-refractivity contribution in [2.75, 3.05) is 39.8 Å². The van der Waals surface area contributed by atoms with E-state index in [0.717, 1.165) is 19.6 Å². The zero-order valence-corrected chi connectivity index (χ0v) is 15.2. The van der Waals surface area contributed by atoms with E-state index in [9.17, 15) is 4.79 Å². The highest BCUT2D eigenvalue weighted by molar-refractivity contribution is 5.69. The van der Waals surface area contributed by atoms with Crippen LogP contribution < -0.4 is 0 Å². The zero-order valence-electron chi connectivity index (χ0n) is 15.2. The summed E-state index contributed by atoms with van der Waals surface area (Å²) in [6, 6.07) is 19.1. The van der Waals surface area contributed by atoms with Crippen LogP contribution in [0.5, 0.6) is 0 Å². The molecule has 0 saturated carbocycles. The lowest BCUT2D eigenvalue weighted by Crippen LogP contribution is -2.47. The molecule has 0 bridgehead atoms. The fourth-order valence-electron chi connectivity index (χ4n) is 3.37. The van der Waals surface area contributed by atoms with E-state index < -0.39 is 5.97 Å². The first-order chi connectivity index (χ1) is 12.6. The standard InChI is InChI=1S/C21H26N2O3/c1-22(16-21(24)25)14-20-15-23(11-12-26-20)13-17-7-9-19(10-8-17)18-5-3-2-4-6-18/h2-10,20H,11-16H2,1H3,(H,24,25). The Morgan fingerprint density at radius 3 is 2.54 bits per heavy atom. The molecule has 138 valence electrons. The topological polar surface area (TPSA) is 53.0 Å². The molecular weight excluding hydrogens is 328 g/mol. The van der Waals surface area contributed by atoms with Gasteiger partial charge in [0.2, 0.25) is 0 Å². The van der Waals surface area contributed by atoms with Crippen LogP contribution in [0, 0.1) is 0 Å². The largest absolute Gasteiger partial charge is 0.480 e. The Morgan fingerprint density at radius 1 is 1.15 bits per heavy atom. The monoisotopic (exact) mass is 354 g/mol. The maximum absolute atomic E-state index is 10.8. The molecule has 2 aromatic rings. The Balaban J connectivity index is 1.54. The van der Waals surface area contributed by atoms with Gasteiger partial charge in [0.25, 0.3) is 0 Å². The number of carboxylic acid groups (broad SMARTS) is 1. The number of carbonyl (C=O) groups is 1. The maximum Gasteiger partial charge on any atom is 0.317 e. The molecule has 0 aliphatic carbocycles. The van der Waals surface area contributed by atoms with Crippen molar-refractivity contribution in [2.24, 2.45) is 0 Å². The molecule has 5 nitrogen and oxygen atoms in total. The number of nitrogens with zero attached hydrogens (tertiary/aromatic N) is 2. The van der Waals surface area contributed by atoms with Crippen molar-refractivity contribution in [3.8, 4) is 11.1 Å². The van der Waals surface area contributed by atoms with E-state index in [1.807, 2.05) is 13.1 Å². The van der Waals surface area contributed by atoms with Crippen LogP contribution in [0.1, 0.15) is 5.56 Å². The van der Waals surface area contributed by atoms with Gasteiger partial charge in [-0.25, -0.2) is 0 Å². The molecule has 1 aliphatic rings. The molecule has 1 unspecified atom stereocenters. The van der Waals surface area contributed by atoms with Gasteiger partial charge >= 0.3 is 5.97 Å². The van der Waals surface area contributed by atoms with Crippen molar-refractivity contribution in [1.82, 2.24) is 9.80 Å². The third-order valence-corrected chi connectivity index (χ3v) is 4.61. The molecule has 0 spiro atoms. The quantitative estimate of drug-likeness (QED) is 0.828. The normalized spacial score (nSPS) is 18.2. The summed E-state index contributed by atoms with van der Waals surface area (Å²) < 4.78 is 5.80. The number of carboxylic acids is 1. The van der Waals surface area contributed by atoms with Gasteiger partial charge in [0.05, 0.1) is 19.3 Å². The molecule has 3 rings (SSSR count). The van der Waals surface area contributed by atoms with Gasteiger partial charge in [0.1, 0.15) is 0 Å². The average Bonchev–Trinajstić information content (AvgIpc) is 2.63. The van der Waals surface area contributed by atoms with Crippen molar-refractivity contribution in [3.05, 3.63) is 60.2 Å². The van der Waals surface area contributed by atoms with Gasteiger partial charge in [-0.2, -0.15) is 0 Å². The van der Waals surface area contributed by atoms with Crippen LogP contribution in [0.2, 0.25) is 0 Å². The number of likely N-dealkylation sites (N-methyl/N-ethyl adjacent to an activating group) is 1. The van der Waals surface area contributed by atoms with Crippen LogP contribution in [0.3, 0.4) is 0 Å². The molecule has 1 atom stereocenters. The van der Waals surface area contributed by atoms with Gasteiger partial charge in [-0.15, -0.1) is 0 Å². The van der Waals surface area contributed by atoms with Gasteiger partial charge in [0, 0.05) is 26.2 Å². The van der Waals surface area contributed by atoms with E-state index in [1.54, 1.807) is 4.90 Å². The molecule has 5 heteroatoms. The number of aliphatic carboxylic acids is 1.